The Bertz CT molecular complexity index is 880. The number of hydrogen-bond acceptors (Lipinski definition) is 3. The number of nitrogens with zero attached hydrogens (tertiary/aromatic N) is 1. The summed E-state index contributed by atoms with van der Waals surface area (Å²) in [6.07, 6.45) is 12.1. The molecule has 0 heterocycles. The third kappa shape index (κ3) is 12.6. The molecule has 2 aromatic rings. The first-order valence-electron chi connectivity index (χ1n) is 14.6. The maximum Gasteiger partial charge on any atom is 0.314 e. The highest BCUT2D eigenvalue weighted by molar-refractivity contribution is 5.72. The number of carbonyl (C=O) groups excluding carboxylic acids is 1. The van der Waals surface area contributed by atoms with Crippen LogP contribution in [-0.2, 0) is 22.5 Å². The van der Waals surface area contributed by atoms with Gasteiger partial charge in [0, 0.05) is 5.56 Å². The number of hydrogen-bond donors (Lipinski definition) is 0. The van der Waals surface area contributed by atoms with Gasteiger partial charge in [0.25, 0.3) is 0 Å². The molecule has 0 saturated heterocycles. The van der Waals surface area contributed by atoms with Crippen LogP contribution in [0.15, 0.2) is 54.6 Å². The second-order valence-electron chi connectivity index (χ2n) is 11.3. The van der Waals surface area contributed by atoms with E-state index >= 15 is 0 Å². The number of quaternary nitrogens is 1. The van der Waals surface area contributed by atoms with Gasteiger partial charge in [0.15, 0.2) is 0 Å². The Morgan fingerprint density at radius 2 is 1.46 bits per heavy atom. The van der Waals surface area contributed by atoms with Crippen LogP contribution in [0.2, 0.25) is 0 Å². The minimum Gasteiger partial charge on any atom is -0.487 e. The number of aryl methyl sites for hydroxylation is 1. The molecule has 0 aliphatic heterocycles. The molecule has 37 heavy (non-hydrogen) atoms. The predicted octanol–water partition coefficient (Wildman–Crippen LogP) is 7.98. The summed E-state index contributed by atoms with van der Waals surface area (Å²) in [5.74, 6) is 0.673. The molecule has 0 spiro atoms. The van der Waals surface area contributed by atoms with E-state index in [9.17, 15) is 4.79 Å². The van der Waals surface area contributed by atoms with Crippen LogP contribution in [0.25, 0.3) is 0 Å². The van der Waals surface area contributed by atoms with Crippen molar-refractivity contribution in [3.63, 3.8) is 0 Å². The highest BCUT2D eigenvalue weighted by atomic mass is 16.6. The molecule has 0 aliphatic rings. The number of carbonyl (C=O) groups is 1. The highest BCUT2D eigenvalue weighted by Gasteiger charge is 2.28. The van der Waals surface area contributed by atoms with Crippen molar-refractivity contribution < 1.29 is 18.8 Å². The number of rotatable bonds is 19. The van der Waals surface area contributed by atoms with Crippen LogP contribution in [0.1, 0.15) is 89.7 Å². The lowest BCUT2D eigenvalue weighted by molar-refractivity contribution is -0.906. The van der Waals surface area contributed by atoms with E-state index < -0.39 is 0 Å². The fourth-order valence-corrected chi connectivity index (χ4v) is 4.95. The number of esters is 1. The van der Waals surface area contributed by atoms with Gasteiger partial charge in [-0.05, 0) is 37.8 Å². The summed E-state index contributed by atoms with van der Waals surface area (Å²) >= 11 is 0. The fourth-order valence-electron chi connectivity index (χ4n) is 4.95. The molecular formula is C33H52NO3+. The first kappa shape index (κ1) is 30.9. The van der Waals surface area contributed by atoms with E-state index in [0.717, 1.165) is 36.2 Å². The molecule has 4 nitrogen and oxygen atoms in total. The molecule has 4 heteroatoms. The van der Waals surface area contributed by atoms with Crippen LogP contribution in [-0.4, -0.2) is 43.8 Å². The molecular weight excluding hydrogens is 458 g/mol. The first-order valence-corrected chi connectivity index (χ1v) is 14.6. The standard InChI is InChI=1S/C33H52NO3/c1-6-8-9-10-11-12-13-17-22-31-23-18-19-24-32(31)37-28(3)27-36-33(35)30(7-2)26-34(4,5)25-29-20-15-14-16-21-29/h14-16,18-21,23-24,28,30H,6-13,17,22,25-27H2,1-5H3/q+1. The van der Waals surface area contributed by atoms with Crippen LogP contribution in [0.3, 0.4) is 0 Å². The molecule has 2 rings (SSSR count). The van der Waals surface area contributed by atoms with Crippen molar-refractivity contribution in [1.29, 1.82) is 0 Å². The molecule has 0 amide bonds. The van der Waals surface area contributed by atoms with Crippen LogP contribution in [0.5, 0.6) is 5.75 Å². The summed E-state index contributed by atoms with van der Waals surface area (Å²) in [6, 6.07) is 18.8. The van der Waals surface area contributed by atoms with Gasteiger partial charge >= 0.3 is 5.97 Å². The molecule has 0 N–H and O–H groups in total. The van der Waals surface area contributed by atoms with E-state index in [2.05, 4.69) is 64.3 Å². The second kappa shape index (κ2) is 17.2. The lowest BCUT2D eigenvalue weighted by Crippen LogP contribution is -2.45. The zero-order valence-electron chi connectivity index (χ0n) is 24.2. The highest BCUT2D eigenvalue weighted by Crippen LogP contribution is 2.23. The molecule has 2 aromatic carbocycles. The van der Waals surface area contributed by atoms with Crippen LogP contribution in [0, 0.1) is 5.92 Å². The van der Waals surface area contributed by atoms with Crippen LogP contribution >= 0.6 is 0 Å². The van der Waals surface area contributed by atoms with Crippen molar-refractivity contribution in [2.75, 3.05) is 27.2 Å². The van der Waals surface area contributed by atoms with E-state index in [4.69, 9.17) is 9.47 Å². The van der Waals surface area contributed by atoms with Gasteiger partial charge in [-0.2, -0.15) is 0 Å². The summed E-state index contributed by atoms with van der Waals surface area (Å²) in [5, 5.41) is 0. The maximum atomic E-state index is 12.9. The lowest BCUT2D eigenvalue weighted by Gasteiger charge is -2.32. The van der Waals surface area contributed by atoms with Crippen molar-refractivity contribution in [3.8, 4) is 5.75 Å². The molecule has 0 bridgehead atoms. The third-order valence-electron chi connectivity index (χ3n) is 7.05. The quantitative estimate of drug-likeness (QED) is 0.109. The zero-order chi connectivity index (χ0) is 26.9. The predicted molar refractivity (Wildman–Crippen MR) is 155 cm³/mol. The Hall–Kier alpha value is -2.33. The largest absolute Gasteiger partial charge is 0.487 e. The molecule has 0 fully saturated rings. The van der Waals surface area contributed by atoms with E-state index in [-0.39, 0.29) is 24.6 Å². The topological polar surface area (TPSA) is 35.5 Å². The number of unbranched alkanes of at least 4 members (excludes halogenated alkanes) is 7. The molecule has 206 valence electrons. The van der Waals surface area contributed by atoms with Gasteiger partial charge in [-0.3, -0.25) is 4.79 Å². The Labute approximate surface area is 227 Å². The summed E-state index contributed by atoms with van der Waals surface area (Å²) in [5.41, 5.74) is 2.53. The van der Waals surface area contributed by atoms with Gasteiger partial charge < -0.3 is 14.0 Å². The SMILES string of the molecule is CCCCCCCCCCc1ccccc1OC(C)COC(=O)C(CC)C[N+](C)(C)Cc1ccccc1. The summed E-state index contributed by atoms with van der Waals surface area (Å²) in [4.78, 5) is 12.9. The van der Waals surface area contributed by atoms with Crippen LogP contribution < -0.4 is 4.74 Å². The fraction of sp³-hybridized carbons (Fsp3) is 0.606. The Morgan fingerprint density at radius 1 is 0.838 bits per heavy atom. The molecule has 2 atom stereocenters. The second-order valence-corrected chi connectivity index (χ2v) is 11.3. The van der Waals surface area contributed by atoms with Crippen molar-refractivity contribution in [3.05, 3.63) is 65.7 Å². The minimum absolute atomic E-state index is 0.121. The normalized spacial score (nSPS) is 13.2. The number of para-hydroxylation sites is 1. The first-order chi connectivity index (χ1) is 17.8. The molecule has 0 aliphatic carbocycles. The van der Waals surface area contributed by atoms with Crippen molar-refractivity contribution >= 4 is 5.97 Å². The van der Waals surface area contributed by atoms with Gasteiger partial charge in [-0.15, -0.1) is 0 Å². The van der Waals surface area contributed by atoms with Crippen molar-refractivity contribution in [2.45, 2.75) is 97.6 Å². The van der Waals surface area contributed by atoms with Gasteiger partial charge in [0.2, 0.25) is 0 Å². The summed E-state index contributed by atoms with van der Waals surface area (Å²) < 4.78 is 12.7. The van der Waals surface area contributed by atoms with E-state index in [0.29, 0.717) is 0 Å². The van der Waals surface area contributed by atoms with Gasteiger partial charge in [0.05, 0.1) is 20.6 Å². The number of benzene rings is 2. The minimum atomic E-state index is -0.187. The Kier molecular flexibility index (Phi) is 14.4. The number of ether oxygens (including phenoxy) is 2. The van der Waals surface area contributed by atoms with E-state index in [1.54, 1.807) is 0 Å². The zero-order valence-corrected chi connectivity index (χ0v) is 24.2. The molecule has 0 radical (unpaired) electrons. The maximum absolute atomic E-state index is 12.9. The summed E-state index contributed by atoms with van der Waals surface area (Å²) in [6.45, 7) is 8.22. The average Bonchev–Trinajstić information content (AvgIpc) is 2.88. The van der Waals surface area contributed by atoms with E-state index in [1.807, 2.05) is 25.1 Å². The van der Waals surface area contributed by atoms with Gasteiger partial charge in [-0.1, -0.05) is 107 Å². The average molecular weight is 511 g/mol. The van der Waals surface area contributed by atoms with Gasteiger partial charge in [0.1, 0.15) is 30.9 Å². The molecule has 0 saturated carbocycles. The lowest BCUT2D eigenvalue weighted by atomic mass is 10.0. The smallest absolute Gasteiger partial charge is 0.314 e. The van der Waals surface area contributed by atoms with Crippen molar-refractivity contribution in [2.24, 2.45) is 5.92 Å². The molecule has 0 aromatic heterocycles. The monoisotopic (exact) mass is 510 g/mol. The van der Waals surface area contributed by atoms with Crippen LogP contribution in [0.4, 0.5) is 0 Å². The Balaban J connectivity index is 1.77. The van der Waals surface area contributed by atoms with Crippen molar-refractivity contribution in [1.82, 2.24) is 0 Å². The molecule has 2 unspecified atom stereocenters. The summed E-state index contributed by atoms with van der Waals surface area (Å²) in [7, 11) is 4.36. The van der Waals surface area contributed by atoms with E-state index in [1.165, 1.54) is 62.5 Å². The van der Waals surface area contributed by atoms with Gasteiger partial charge in [-0.25, -0.2) is 0 Å². The third-order valence-corrected chi connectivity index (χ3v) is 7.05. The Morgan fingerprint density at radius 3 is 2.14 bits per heavy atom.